The van der Waals surface area contributed by atoms with Crippen molar-refractivity contribution < 1.29 is 0 Å². The Labute approximate surface area is 136 Å². The van der Waals surface area contributed by atoms with Gasteiger partial charge in [-0.3, -0.25) is 0 Å². The van der Waals surface area contributed by atoms with Crippen LogP contribution >= 0.6 is 0 Å². The third-order valence-corrected chi connectivity index (χ3v) is 3.92. The van der Waals surface area contributed by atoms with Crippen molar-refractivity contribution in [1.29, 1.82) is 0 Å². The fourth-order valence-electron chi connectivity index (χ4n) is 2.80. The average molecular weight is 295 g/mol. The summed E-state index contributed by atoms with van der Waals surface area (Å²) in [6.07, 6.45) is 0. The molecule has 1 heteroatoms. The number of nitrogens with zero attached hydrogens (tertiary/aromatic N) is 1. The minimum absolute atomic E-state index is 0.0248. The van der Waals surface area contributed by atoms with Crippen LogP contribution in [0.5, 0.6) is 0 Å². The Morgan fingerprint density at radius 3 is 1.77 bits per heavy atom. The maximum atomic E-state index is 2.41. The molecule has 0 unspecified atom stereocenters. The van der Waals surface area contributed by atoms with E-state index in [-0.39, 0.29) is 11.0 Å². The van der Waals surface area contributed by atoms with Crippen LogP contribution in [-0.4, -0.2) is 5.54 Å². The third kappa shape index (κ3) is 3.71. The molecule has 2 aromatic carbocycles. The van der Waals surface area contributed by atoms with Crippen LogP contribution in [0.15, 0.2) is 48.5 Å². The molecule has 0 spiro atoms. The molecule has 0 aliphatic rings. The van der Waals surface area contributed by atoms with E-state index >= 15 is 0 Å². The maximum absolute atomic E-state index is 2.41. The van der Waals surface area contributed by atoms with Gasteiger partial charge in [0.2, 0.25) is 0 Å². The SMILES string of the molecule is Cc1cccc(N(c2ccc(C(C)(C)C)cc2)C(C)(C)C)c1. The lowest BCUT2D eigenvalue weighted by atomic mass is 9.87. The van der Waals surface area contributed by atoms with Gasteiger partial charge in [-0.05, 0) is 68.5 Å². The molecule has 0 N–H and O–H groups in total. The van der Waals surface area contributed by atoms with Crippen molar-refractivity contribution in [1.82, 2.24) is 0 Å². The number of hydrogen-bond acceptors (Lipinski definition) is 1. The van der Waals surface area contributed by atoms with Gasteiger partial charge in [-0.1, -0.05) is 45.0 Å². The molecule has 0 bridgehead atoms. The topological polar surface area (TPSA) is 3.24 Å². The second-order valence-corrected chi connectivity index (χ2v) is 8.14. The zero-order valence-corrected chi connectivity index (χ0v) is 15.1. The number of benzene rings is 2. The second kappa shape index (κ2) is 5.79. The lowest BCUT2D eigenvalue weighted by Crippen LogP contribution is -2.37. The lowest BCUT2D eigenvalue weighted by molar-refractivity contribution is 0.559. The molecule has 22 heavy (non-hydrogen) atoms. The minimum Gasteiger partial charge on any atom is -0.336 e. The molecular weight excluding hydrogens is 266 g/mol. The number of hydrogen-bond donors (Lipinski definition) is 0. The van der Waals surface area contributed by atoms with Crippen LogP contribution in [0, 0.1) is 6.92 Å². The van der Waals surface area contributed by atoms with E-state index in [1.54, 1.807) is 0 Å². The molecule has 0 heterocycles. The molecule has 0 saturated heterocycles. The van der Waals surface area contributed by atoms with Crippen molar-refractivity contribution in [3.05, 3.63) is 59.7 Å². The first-order valence-corrected chi connectivity index (χ1v) is 8.06. The molecule has 0 aliphatic heterocycles. The van der Waals surface area contributed by atoms with Crippen molar-refractivity contribution in [2.24, 2.45) is 0 Å². The molecule has 2 aromatic rings. The van der Waals surface area contributed by atoms with Gasteiger partial charge in [0.1, 0.15) is 0 Å². The molecule has 0 atom stereocenters. The highest BCUT2D eigenvalue weighted by atomic mass is 15.2. The summed E-state index contributed by atoms with van der Waals surface area (Å²) in [5.41, 5.74) is 5.36. The van der Waals surface area contributed by atoms with Gasteiger partial charge >= 0.3 is 0 Å². The average Bonchev–Trinajstić information content (AvgIpc) is 2.37. The number of rotatable bonds is 2. The van der Waals surface area contributed by atoms with Crippen molar-refractivity contribution in [2.75, 3.05) is 4.90 Å². The predicted octanol–water partition coefficient (Wildman–Crippen LogP) is 6.23. The number of aryl methyl sites for hydroxylation is 1. The van der Waals surface area contributed by atoms with Crippen LogP contribution in [-0.2, 0) is 5.41 Å². The molecule has 0 fully saturated rings. The highest BCUT2D eigenvalue weighted by molar-refractivity contribution is 5.66. The molecule has 0 aromatic heterocycles. The summed E-state index contributed by atoms with van der Waals surface area (Å²) < 4.78 is 0. The summed E-state index contributed by atoms with van der Waals surface area (Å²) >= 11 is 0. The maximum Gasteiger partial charge on any atom is 0.0418 e. The van der Waals surface area contributed by atoms with Gasteiger partial charge in [-0.2, -0.15) is 0 Å². The van der Waals surface area contributed by atoms with Crippen LogP contribution < -0.4 is 4.90 Å². The van der Waals surface area contributed by atoms with Crippen LogP contribution in [0.3, 0.4) is 0 Å². The molecule has 0 aliphatic carbocycles. The lowest BCUT2D eigenvalue weighted by Gasteiger charge is -2.38. The van der Waals surface area contributed by atoms with Crippen molar-refractivity contribution >= 4 is 11.4 Å². The van der Waals surface area contributed by atoms with E-state index in [9.17, 15) is 0 Å². The molecule has 0 amide bonds. The zero-order chi connectivity index (χ0) is 16.5. The smallest absolute Gasteiger partial charge is 0.0418 e. The first kappa shape index (κ1) is 16.6. The van der Waals surface area contributed by atoms with Crippen molar-refractivity contribution in [3.8, 4) is 0 Å². The molecule has 0 radical (unpaired) electrons. The molecule has 118 valence electrons. The van der Waals surface area contributed by atoms with Crippen molar-refractivity contribution in [3.63, 3.8) is 0 Å². The monoisotopic (exact) mass is 295 g/mol. The summed E-state index contributed by atoms with van der Waals surface area (Å²) in [4.78, 5) is 2.41. The third-order valence-electron chi connectivity index (χ3n) is 3.92. The summed E-state index contributed by atoms with van der Waals surface area (Å²) in [6, 6.07) is 17.7. The Bertz CT molecular complexity index is 624. The molecular formula is C21H29N. The van der Waals surface area contributed by atoms with E-state index in [1.807, 2.05) is 0 Å². The summed E-state index contributed by atoms with van der Waals surface area (Å²) in [5, 5.41) is 0. The highest BCUT2D eigenvalue weighted by Crippen LogP contribution is 2.34. The van der Waals surface area contributed by atoms with Crippen molar-refractivity contribution in [2.45, 2.75) is 59.4 Å². The van der Waals surface area contributed by atoms with E-state index < -0.39 is 0 Å². The first-order valence-electron chi connectivity index (χ1n) is 8.06. The van der Waals surface area contributed by atoms with E-state index in [2.05, 4.69) is 102 Å². The Morgan fingerprint density at radius 1 is 0.727 bits per heavy atom. The van der Waals surface area contributed by atoms with Gasteiger partial charge in [0.15, 0.2) is 0 Å². The van der Waals surface area contributed by atoms with Gasteiger partial charge < -0.3 is 4.90 Å². The van der Waals surface area contributed by atoms with Gasteiger partial charge in [-0.25, -0.2) is 0 Å². The quantitative estimate of drug-likeness (QED) is 0.635. The molecule has 2 rings (SSSR count). The van der Waals surface area contributed by atoms with Crippen LogP contribution in [0.1, 0.15) is 52.7 Å². The largest absolute Gasteiger partial charge is 0.336 e. The van der Waals surface area contributed by atoms with Crippen LogP contribution in [0.25, 0.3) is 0 Å². The zero-order valence-electron chi connectivity index (χ0n) is 15.1. The fourth-order valence-corrected chi connectivity index (χ4v) is 2.80. The standard InChI is InChI=1S/C21H29N/c1-16-9-8-10-19(15-16)22(21(5,6)7)18-13-11-17(12-14-18)20(2,3)4/h8-15H,1-7H3. The Hall–Kier alpha value is -1.76. The second-order valence-electron chi connectivity index (χ2n) is 8.14. The summed E-state index contributed by atoms with van der Waals surface area (Å²) in [7, 11) is 0. The van der Waals surface area contributed by atoms with Gasteiger partial charge in [0, 0.05) is 16.9 Å². The van der Waals surface area contributed by atoms with Gasteiger partial charge in [0.25, 0.3) is 0 Å². The van der Waals surface area contributed by atoms with Gasteiger partial charge in [0.05, 0.1) is 0 Å². The molecule has 0 saturated carbocycles. The van der Waals surface area contributed by atoms with Crippen LogP contribution in [0.2, 0.25) is 0 Å². The Morgan fingerprint density at radius 2 is 1.32 bits per heavy atom. The van der Waals surface area contributed by atoms with E-state index in [0.29, 0.717) is 0 Å². The molecule has 1 nitrogen and oxygen atoms in total. The van der Waals surface area contributed by atoms with E-state index in [0.717, 1.165) is 0 Å². The van der Waals surface area contributed by atoms with E-state index in [4.69, 9.17) is 0 Å². The first-order chi connectivity index (χ1) is 10.1. The normalized spacial score (nSPS) is 12.3. The predicted molar refractivity (Wildman–Crippen MR) is 98.2 cm³/mol. The fraction of sp³-hybridized carbons (Fsp3) is 0.429. The highest BCUT2D eigenvalue weighted by Gasteiger charge is 2.24. The summed E-state index contributed by atoms with van der Waals surface area (Å²) in [5.74, 6) is 0. The van der Waals surface area contributed by atoms with E-state index in [1.165, 1.54) is 22.5 Å². The summed E-state index contributed by atoms with van der Waals surface area (Å²) in [6.45, 7) is 15.7. The Balaban J connectivity index is 2.47. The number of anilines is 2. The van der Waals surface area contributed by atoms with Gasteiger partial charge in [-0.15, -0.1) is 0 Å². The Kier molecular flexibility index (Phi) is 4.37. The minimum atomic E-state index is 0.0248. The van der Waals surface area contributed by atoms with Crippen LogP contribution in [0.4, 0.5) is 11.4 Å².